The molecular weight excluding hydrogens is 190 g/mol. The molecule has 15 heavy (non-hydrogen) atoms. The van der Waals surface area contributed by atoms with Crippen LogP contribution in [-0.2, 0) is 0 Å². The van der Waals surface area contributed by atoms with Crippen molar-refractivity contribution in [3.05, 3.63) is 12.1 Å². The molecule has 1 saturated heterocycles. The maximum Gasteiger partial charge on any atom is 0.216 e. The molecule has 0 saturated carbocycles. The van der Waals surface area contributed by atoms with Gasteiger partial charge in [0.2, 0.25) is 5.88 Å². The Balaban J connectivity index is 1.93. The first kappa shape index (κ1) is 10.5. The number of oxazole rings is 1. The van der Waals surface area contributed by atoms with E-state index in [1.807, 2.05) is 13.1 Å². The maximum absolute atomic E-state index is 5.51. The molecule has 0 N–H and O–H groups in total. The second-order valence-corrected chi connectivity index (χ2v) is 4.33. The van der Waals surface area contributed by atoms with Crippen LogP contribution in [0.25, 0.3) is 0 Å². The lowest BCUT2D eigenvalue weighted by atomic mass is 10.2. The lowest BCUT2D eigenvalue weighted by Crippen LogP contribution is -2.48. The number of hydrogen-bond acceptors (Lipinski definition) is 4. The Morgan fingerprint density at radius 1 is 1.27 bits per heavy atom. The predicted molar refractivity (Wildman–Crippen MR) is 60.2 cm³/mol. The van der Waals surface area contributed by atoms with Gasteiger partial charge in [0.15, 0.2) is 5.89 Å². The van der Waals surface area contributed by atoms with Crippen LogP contribution in [0.5, 0.6) is 0 Å². The zero-order valence-electron chi connectivity index (χ0n) is 9.73. The molecule has 1 aliphatic rings. The van der Waals surface area contributed by atoms with Gasteiger partial charge in [0.25, 0.3) is 0 Å². The second-order valence-electron chi connectivity index (χ2n) is 4.33. The van der Waals surface area contributed by atoms with Crippen LogP contribution in [0.15, 0.2) is 10.6 Å². The molecule has 2 heterocycles. The monoisotopic (exact) mass is 209 g/mol. The maximum atomic E-state index is 5.51. The topological polar surface area (TPSA) is 32.5 Å². The molecule has 1 aliphatic heterocycles. The molecule has 0 unspecified atom stereocenters. The largest absolute Gasteiger partial charge is 0.425 e. The highest BCUT2D eigenvalue weighted by molar-refractivity contribution is 5.33. The van der Waals surface area contributed by atoms with E-state index in [1.165, 1.54) is 0 Å². The Morgan fingerprint density at radius 3 is 2.40 bits per heavy atom. The fraction of sp³-hybridized carbons (Fsp3) is 0.727. The van der Waals surface area contributed by atoms with Crippen molar-refractivity contribution in [2.75, 3.05) is 31.1 Å². The lowest BCUT2D eigenvalue weighted by Gasteiger charge is -2.36. The quantitative estimate of drug-likeness (QED) is 0.739. The molecule has 1 aromatic heterocycles. The summed E-state index contributed by atoms with van der Waals surface area (Å²) in [6, 6.07) is 0.642. The highest BCUT2D eigenvalue weighted by Gasteiger charge is 2.20. The van der Waals surface area contributed by atoms with E-state index in [9.17, 15) is 0 Å². The second kappa shape index (κ2) is 4.23. The third-order valence-corrected chi connectivity index (χ3v) is 2.97. The van der Waals surface area contributed by atoms with Gasteiger partial charge in [-0.05, 0) is 13.8 Å². The molecule has 4 heteroatoms. The molecule has 0 radical (unpaired) electrons. The Morgan fingerprint density at radius 2 is 1.93 bits per heavy atom. The summed E-state index contributed by atoms with van der Waals surface area (Å²) in [4.78, 5) is 8.87. The number of anilines is 1. The zero-order chi connectivity index (χ0) is 10.8. The van der Waals surface area contributed by atoms with E-state index in [1.54, 1.807) is 0 Å². The van der Waals surface area contributed by atoms with E-state index >= 15 is 0 Å². The summed E-state index contributed by atoms with van der Waals surface area (Å²) in [5, 5.41) is 0. The van der Waals surface area contributed by atoms with Gasteiger partial charge in [-0.15, -0.1) is 0 Å². The number of nitrogens with zero attached hydrogens (tertiary/aromatic N) is 3. The molecule has 0 atom stereocenters. The van der Waals surface area contributed by atoms with Gasteiger partial charge in [-0.1, -0.05) is 0 Å². The van der Waals surface area contributed by atoms with Crippen molar-refractivity contribution in [1.29, 1.82) is 0 Å². The molecule has 0 amide bonds. The smallest absolute Gasteiger partial charge is 0.216 e. The predicted octanol–water partition coefficient (Wildman–Crippen LogP) is 1.51. The number of aryl methyl sites for hydroxylation is 1. The van der Waals surface area contributed by atoms with E-state index in [0.29, 0.717) is 6.04 Å². The van der Waals surface area contributed by atoms with Gasteiger partial charge in [0.05, 0.1) is 6.20 Å². The van der Waals surface area contributed by atoms with Crippen LogP contribution in [0, 0.1) is 6.92 Å². The van der Waals surface area contributed by atoms with Crippen LogP contribution in [0.1, 0.15) is 19.7 Å². The van der Waals surface area contributed by atoms with Crippen molar-refractivity contribution in [2.24, 2.45) is 0 Å². The van der Waals surface area contributed by atoms with Crippen LogP contribution >= 0.6 is 0 Å². The summed E-state index contributed by atoms with van der Waals surface area (Å²) in [5.41, 5.74) is 0. The number of piperazine rings is 1. The Hall–Kier alpha value is -1.03. The minimum absolute atomic E-state index is 0.642. The fourth-order valence-electron chi connectivity index (χ4n) is 1.96. The Kier molecular flexibility index (Phi) is 2.95. The van der Waals surface area contributed by atoms with Crippen molar-refractivity contribution in [2.45, 2.75) is 26.8 Å². The zero-order valence-corrected chi connectivity index (χ0v) is 9.73. The summed E-state index contributed by atoms with van der Waals surface area (Å²) >= 11 is 0. The Bertz CT molecular complexity index is 313. The van der Waals surface area contributed by atoms with E-state index in [0.717, 1.165) is 38.0 Å². The van der Waals surface area contributed by atoms with Gasteiger partial charge in [-0.3, -0.25) is 4.90 Å². The van der Waals surface area contributed by atoms with Crippen molar-refractivity contribution >= 4 is 5.88 Å². The lowest BCUT2D eigenvalue weighted by molar-refractivity contribution is 0.206. The fourth-order valence-corrected chi connectivity index (χ4v) is 1.96. The molecule has 1 aromatic rings. The molecular formula is C11H19N3O. The summed E-state index contributed by atoms with van der Waals surface area (Å²) in [7, 11) is 0. The first-order valence-electron chi connectivity index (χ1n) is 5.58. The average molecular weight is 209 g/mol. The first-order valence-corrected chi connectivity index (χ1v) is 5.58. The minimum Gasteiger partial charge on any atom is -0.425 e. The summed E-state index contributed by atoms with van der Waals surface area (Å²) in [6.45, 7) is 10.7. The van der Waals surface area contributed by atoms with Crippen molar-refractivity contribution in [1.82, 2.24) is 9.88 Å². The van der Waals surface area contributed by atoms with Crippen molar-refractivity contribution < 1.29 is 4.42 Å². The van der Waals surface area contributed by atoms with Crippen molar-refractivity contribution in [3.8, 4) is 0 Å². The average Bonchev–Trinajstić information content (AvgIpc) is 2.65. The van der Waals surface area contributed by atoms with Gasteiger partial charge in [-0.25, -0.2) is 4.98 Å². The highest BCUT2D eigenvalue weighted by Crippen LogP contribution is 2.17. The first-order chi connectivity index (χ1) is 7.16. The molecule has 0 aromatic carbocycles. The molecule has 2 rings (SSSR count). The van der Waals surface area contributed by atoms with Crippen LogP contribution in [0.3, 0.4) is 0 Å². The van der Waals surface area contributed by atoms with E-state index < -0.39 is 0 Å². The van der Waals surface area contributed by atoms with Crippen LogP contribution in [0.4, 0.5) is 5.88 Å². The number of rotatable bonds is 2. The van der Waals surface area contributed by atoms with Gasteiger partial charge < -0.3 is 9.32 Å². The standard InChI is InChI=1S/C11H19N3O/c1-9(2)13-4-6-14(7-5-13)11-8-12-10(3)15-11/h8-9H,4-7H2,1-3H3. The summed E-state index contributed by atoms with van der Waals surface area (Å²) in [6.07, 6.45) is 1.82. The van der Waals surface area contributed by atoms with Gasteiger partial charge in [0.1, 0.15) is 0 Å². The molecule has 0 spiro atoms. The molecule has 84 valence electrons. The van der Waals surface area contributed by atoms with E-state index in [4.69, 9.17) is 4.42 Å². The van der Waals surface area contributed by atoms with Crippen LogP contribution in [-0.4, -0.2) is 42.1 Å². The third-order valence-electron chi connectivity index (χ3n) is 2.97. The van der Waals surface area contributed by atoms with E-state index in [2.05, 4.69) is 28.6 Å². The molecule has 1 fully saturated rings. The SMILES string of the molecule is Cc1ncc(N2CCN(C(C)C)CC2)o1. The third kappa shape index (κ3) is 2.31. The number of hydrogen-bond donors (Lipinski definition) is 0. The molecule has 0 aliphatic carbocycles. The number of aromatic nitrogens is 1. The highest BCUT2D eigenvalue weighted by atomic mass is 16.4. The minimum atomic E-state index is 0.642. The molecule has 0 bridgehead atoms. The van der Waals surface area contributed by atoms with Gasteiger partial charge in [0, 0.05) is 39.1 Å². The Labute approximate surface area is 90.9 Å². The summed E-state index contributed by atoms with van der Waals surface area (Å²) in [5.74, 6) is 1.66. The normalized spacial score (nSPS) is 18.8. The van der Waals surface area contributed by atoms with Crippen molar-refractivity contribution in [3.63, 3.8) is 0 Å². The van der Waals surface area contributed by atoms with Crippen LogP contribution in [0.2, 0.25) is 0 Å². The molecule has 4 nitrogen and oxygen atoms in total. The van der Waals surface area contributed by atoms with E-state index in [-0.39, 0.29) is 0 Å². The van der Waals surface area contributed by atoms with Crippen LogP contribution < -0.4 is 4.90 Å². The summed E-state index contributed by atoms with van der Waals surface area (Å²) < 4.78 is 5.51. The van der Waals surface area contributed by atoms with Gasteiger partial charge in [-0.2, -0.15) is 0 Å². The van der Waals surface area contributed by atoms with Gasteiger partial charge >= 0.3 is 0 Å².